The van der Waals surface area contributed by atoms with Gasteiger partial charge in [-0.05, 0) is 64.7 Å². The number of halogens is 1. The van der Waals surface area contributed by atoms with E-state index in [-0.39, 0.29) is 0 Å². The maximum Gasteiger partial charge on any atom is 0.105 e. The standard InChI is InChI=1S/C17H19BrN2S/c1-2-3-4-12-5-7-13(8-6-12)20-14-9-10-15(17(19)21)16(18)11-14/h5-11,20H,2-4H2,1H3,(H2,19,21). The monoisotopic (exact) mass is 362 g/mol. The van der Waals surface area contributed by atoms with E-state index in [4.69, 9.17) is 18.0 Å². The summed E-state index contributed by atoms with van der Waals surface area (Å²) in [4.78, 5) is 0.397. The van der Waals surface area contributed by atoms with Crippen LogP contribution in [-0.2, 0) is 6.42 Å². The predicted molar refractivity (Wildman–Crippen MR) is 98.4 cm³/mol. The molecule has 0 aromatic heterocycles. The average molecular weight is 363 g/mol. The fraction of sp³-hybridized carbons (Fsp3) is 0.235. The van der Waals surface area contributed by atoms with Crippen LogP contribution in [0.5, 0.6) is 0 Å². The van der Waals surface area contributed by atoms with Gasteiger partial charge in [-0.1, -0.05) is 37.7 Å². The lowest BCUT2D eigenvalue weighted by molar-refractivity contribution is 0.795. The Morgan fingerprint density at radius 1 is 1.14 bits per heavy atom. The molecule has 3 N–H and O–H groups in total. The van der Waals surface area contributed by atoms with Gasteiger partial charge in [0.1, 0.15) is 4.99 Å². The highest BCUT2D eigenvalue weighted by Crippen LogP contribution is 2.24. The zero-order chi connectivity index (χ0) is 15.2. The van der Waals surface area contributed by atoms with Gasteiger partial charge in [0, 0.05) is 21.4 Å². The fourth-order valence-corrected chi connectivity index (χ4v) is 3.00. The molecule has 0 aliphatic carbocycles. The van der Waals surface area contributed by atoms with Crippen LogP contribution in [-0.4, -0.2) is 4.99 Å². The molecule has 2 aromatic rings. The highest BCUT2D eigenvalue weighted by atomic mass is 79.9. The van der Waals surface area contributed by atoms with Gasteiger partial charge in [0.05, 0.1) is 0 Å². The van der Waals surface area contributed by atoms with E-state index in [1.807, 2.05) is 18.2 Å². The van der Waals surface area contributed by atoms with Gasteiger partial charge in [-0.25, -0.2) is 0 Å². The van der Waals surface area contributed by atoms with Crippen molar-refractivity contribution in [3.05, 3.63) is 58.1 Å². The Hall–Kier alpha value is -1.39. The van der Waals surface area contributed by atoms with E-state index in [9.17, 15) is 0 Å². The van der Waals surface area contributed by atoms with Crippen molar-refractivity contribution in [2.75, 3.05) is 5.32 Å². The van der Waals surface area contributed by atoms with E-state index in [1.54, 1.807) is 0 Å². The molecule has 2 aromatic carbocycles. The third-order valence-corrected chi connectivity index (χ3v) is 4.17. The summed E-state index contributed by atoms with van der Waals surface area (Å²) < 4.78 is 0.902. The Labute approximate surface area is 139 Å². The van der Waals surface area contributed by atoms with Gasteiger partial charge in [0.2, 0.25) is 0 Å². The maximum atomic E-state index is 5.65. The Balaban J connectivity index is 2.07. The molecule has 0 fully saturated rings. The second-order valence-corrected chi connectivity index (χ2v) is 6.28. The van der Waals surface area contributed by atoms with E-state index in [1.165, 1.54) is 18.4 Å². The molecular formula is C17H19BrN2S. The molecule has 21 heavy (non-hydrogen) atoms. The quantitative estimate of drug-likeness (QED) is 0.696. The van der Waals surface area contributed by atoms with Crippen LogP contribution < -0.4 is 11.1 Å². The van der Waals surface area contributed by atoms with Crippen molar-refractivity contribution in [1.29, 1.82) is 0 Å². The number of thiocarbonyl (C=S) groups is 1. The molecule has 0 unspecified atom stereocenters. The fourth-order valence-electron chi connectivity index (χ4n) is 2.10. The topological polar surface area (TPSA) is 38.0 Å². The normalized spacial score (nSPS) is 10.4. The van der Waals surface area contributed by atoms with Crippen LogP contribution >= 0.6 is 28.1 Å². The van der Waals surface area contributed by atoms with Crippen molar-refractivity contribution in [1.82, 2.24) is 0 Å². The predicted octanol–water partition coefficient (Wildman–Crippen LogP) is 5.17. The first kappa shape index (κ1) is 16.0. The number of nitrogens with one attached hydrogen (secondary N) is 1. The first-order valence-corrected chi connectivity index (χ1v) is 8.25. The molecular weight excluding hydrogens is 344 g/mol. The number of rotatable bonds is 6. The summed E-state index contributed by atoms with van der Waals surface area (Å²) in [7, 11) is 0. The minimum atomic E-state index is 0.397. The van der Waals surface area contributed by atoms with Gasteiger partial charge in [-0.2, -0.15) is 0 Å². The van der Waals surface area contributed by atoms with Crippen LogP contribution in [0.1, 0.15) is 30.9 Å². The van der Waals surface area contributed by atoms with E-state index < -0.39 is 0 Å². The number of unbranched alkanes of at least 4 members (excludes halogenated alkanes) is 1. The molecule has 0 heterocycles. The van der Waals surface area contributed by atoms with Gasteiger partial charge >= 0.3 is 0 Å². The summed E-state index contributed by atoms with van der Waals surface area (Å²) in [5.41, 5.74) is 9.97. The zero-order valence-electron chi connectivity index (χ0n) is 12.0. The van der Waals surface area contributed by atoms with Crippen molar-refractivity contribution in [2.45, 2.75) is 26.2 Å². The van der Waals surface area contributed by atoms with Crippen LogP contribution in [0.3, 0.4) is 0 Å². The molecule has 4 heteroatoms. The molecule has 2 rings (SSSR count). The summed E-state index contributed by atoms with van der Waals surface area (Å²) >= 11 is 8.49. The van der Waals surface area contributed by atoms with Gasteiger partial charge in [0.25, 0.3) is 0 Å². The Kier molecular flexibility index (Phi) is 5.76. The molecule has 0 saturated heterocycles. The highest BCUT2D eigenvalue weighted by Gasteiger charge is 2.04. The third-order valence-electron chi connectivity index (χ3n) is 3.30. The molecule has 0 aliphatic rings. The number of anilines is 2. The van der Waals surface area contributed by atoms with Gasteiger partial charge < -0.3 is 11.1 Å². The highest BCUT2D eigenvalue weighted by molar-refractivity contribution is 9.10. The molecule has 0 bridgehead atoms. The Morgan fingerprint density at radius 3 is 2.38 bits per heavy atom. The number of aryl methyl sites for hydroxylation is 1. The molecule has 0 spiro atoms. The second-order valence-electron chi connectivity index (χ2n) is 4.98. The minimum absolute atomic E-state index is 0.397. The van der Waals surface area contributed by atoms with E-state index in [0.717, 1.165) is 27.8 Å². The van der Waals surface area contributed by atoms with Gasteiger partial charge in [0.15, 0.2) is 0 Å². The van der Waals surface area contributed by atoms with Crippen LogP contribution in [0, 0.1) is 0 Å². The summed E-state index contributed by atoms with van der Waals surface area (Å²) in [5.74, 6) is 0. The first-order chi connectivity index (χ1) is 10.1. The molecule has 0 saturated carbocycles. The number of benzene rings is 2. The first-order valence-electron chi connectivity index (χ1n) is 7.05. The van der Waals surface area contributed by atoms with Gasteiger partial charge in [-0.3, -0.25) is 0 Å². The molecule has 0 amide bonds. The molecule has 2 nitrogen and oxygen atoms in total. The van der Waals surface area contributed by atoms with Crippen LogP contribution in [0.15, 0.2) is 46.9 Å². The molecule has 0 aliphatic heterocycles. The van der Waals surface area contributed by atoms with Gasteiger partial charge in [-0.15, -0.1) is 0 Å². The van der Waals surface area contributed by atoms with Crippen molar-refractivity contribution < 1.29 is 0 Å². The van der Waals surface area contributed by atoms with Crippen LogP contribution in [0.25, 0.3) is 0 Å². The van der Waals surface area contributed by atoms with Crippen molar-refractivity contribution in [3.63, 3.8) is 0 Å². The zero-order valence-corrected chi connectivity index (χ0v) is 14.4. The second kappa shape index (κ2) is 7.57. The van der Waals surface area contributed by atoms with Crippen molar-refractivity contribution in [3.8, 4) is 0 Å². The lowest BCUT2D eigenvalue weighted by Gasteiger charge is -2.10. The SMILES string of the molecule is CCCCc1ccc(Nc2ccc(C(N)=S)c(Br)c2)cc1. The summed E-state index contributed by atoms with van der Waals surface area (Å²) in [5, 5.41) is 3.38. The summed E-state index contributed by atoms with van der Waals surface area (Å²) in [6, 6.07) is 14.5. The average Bonchev–Trinajstić information content (AvgIpc) is 2.46. The number of hydrogen-bond acceptors (Lipinski definition) is 2. The number of hydrogen-bond donors (Lipinski definition) is 2. The summed E-state index contributed by atoms with van der Waals surface area (Å²) in [6.07, 6.45) is 3.61. The minimum Gasteiger partial charge on any atom is -0.389 e. The Bertz CT molecular complexity index is 623. The van der Waals surface area contributed by atoms with E-state index >= 15 is 0 Å². The lowest BCUT2D eigenvalue weighted by atomic mass is 10.1. The number of nitrogens with two attached hydrogens (primary N) is 1. The smallest absolute Gasteiger partial charge is 0.105 e. The Morgan fingerprint density at radius 2 is 1.81 bits per heavy atom. The largest absolute Gasteiger partial charge is 0.389 e. The molecule has 110 valence electrons. The summed E-state index contributed by atoms with van der Waals surface area (Å²) in [6.45, 7) is 2.21. The maximum absolute atomic E-state index is 5.65. The third kappa shape index (κ3) is 4.55. The lowest BCUT2D eigenvalue weighted by Crippen LogP contribution is -2.10. The molecule has 0 radical (unpaired) electrons. The molecule has 0 atom stereocenters. The van der Waals surface area contributed by atoms with Crippen molar-refractivity contribution >= 4 is 44.5 Å². The van der Waals surface area contributed by atoms with Crippen molar-refractivity contribution in [2.24, 2.45) is 5.73 Å². The van der Waals surface area contributed by atoms with E-state index in [2.05, 4.69) is 52.4 Å². The van der Waals surface area contributed by atoms with Crippen LogP contribution in [0.4, 0.5) is 11.4 Å². The van der Waals surface area contributed by atoms with E-state index in [0.29, 0.717) is 4.99 Å². The van der Waals surface area contributed by atoms with Crippen LogP contribution in [0.2, 0.25) is 0 Å².